The van der Waals surface area contributed by atoms with Gasteiger partial charge >= 0.3 is 6.18 Å². The van der Waals surface area contributed by atoms with Gasteiger partial charge in [0, 0.05) is 31.4 Å². The fourth-order valence-corrected chi connectivity index (χ4v) is 4.07. The number of rotatable bonds is 1. The third-order valence-electron chi connectivity index (χ3n) is 5.50. The Balaban J connectivity index is 1.67. The van der Waals surface area contributed by atoms with Crippen molar-refractivity contribution in [2.24, 2.45) is 0 Å². The van der Waals surface area contributed by atoms with Crippen molar-refractivity contribution >= 4 is 11.9 Å². The zero-order valence-electron chi connectivity index (χ0n) is 14.6. The average Bonchev–Trinajstić information content (AvgIpc) is 2.98. The number of alkyl halides is 3. The molecule has 0 unspecified atom stereocenters. The highest BCUT2D eigenvalue weighted by Crippen LogP contribution is 2.36. The van der Waals surface area contributed by atoms with Crippen LogP contribution in [0.5, 0.6) is 0 Å². The predicted octanol–water partition coefficient (Wildman–Crippen LogP) is 1.81. The van der Waals surface area contributed by atoms with Crippen LogP contribution < -0.4 is 4.90 Å². The molecule has 1 amide bonds. The van der Waals surface area contributed by atoms with E-state index in [9.17, 15) is 18.0 Å². The fourth-order valence-electron chi connectivity index (χ4n) is 4.07. The third-order valence-corrected chi connectivity index (χ3v) is 5.50. The smallest absolute Gasteiger partial charge is 0.374 e. The Morgan fingerprint density at radius 1 is 1.12 bits per heavy atom. The second kappa shape index (κ2) is 6.37. The van der Waals surface area contributed by atoms with Gasteiger partial charge in [0.25, 0.3) is 0 Å². The van der Waals surface area contributed by atoms with Gasteiger partial charge in [-0.3, -0.25) is 4.79 Å². The van der Waals surface area contributed by atoms with Gasteiger partial charge in [0.15, 0.2) is 5.69 Å². The van der Waals surface area contributed by atoms with Gasteiger partial charge in [0.1, 0.15) is 0 Å². The molecular weight excluding hydrogens is 349 g/mol. The van der Waals surface area contributed by atoms with E-state index in [1.807, 2.05) is 0 Å². The number of halogens is 3. The Morgan fingerprint density at radius 3 is 2.65 bits per heavy atom. The summed E-state index contributed by atoms with van der Waals surface area (Å²) in [5, 5.41) is 0. The van der Waals surface area contributed by atoms with E-state index in [1.165, 1.54) is 0 Å². The number of ether oxygens (including phenoxy) is 1. The first-order valence-electron chi connectivity index (χ1n) is 8.94. The quantitative estimate of drug-likeness (QED) is 0.755. The summed E-state index contributed by atoms with van der Waals surface area (Å²) >= 11 is 0. The zero-order chi connectivity index (χ0) is 18.5. The highest BCUT2D eigenvalue weighted by atomic mass is 19.4. The molecule has 2 saturated heterocycles. The van der Waals surface area contributed by atoms with E-state index in [4.69, 9.17) is 4.74 Å². The molecule has 2 aliphatic heterocycles. The molecule has 26 heavy (non-hydrogen) atoms. The molecule has 142 valence electrons. The number of hydrogen-bond acceptors (Lipinski definition) is 5. The van der Waals surface area contributed by atoms with Crippen molar-refractivity contribution in [2.45, 2.75) is 50.4 Å². The number of nitrogens with zero attached hydrogens (tertiary/aromatic N) is 4. The summed E-state index contributed by atoms with van der Waals surface area (Å²) < 4.78 is 46.3. The Hall–Kier alpha value is -1.90. The van der Waals surface area contributed by atoms with Gasteiger partial charge in [-0.15, -0.1) is 0 Å². The second-order valence-corrected chi connectivity index (χ2v) is 7.14. The van der Waals surface area contributed by atoms with Crippen LogP contribution in [0.2, 0.25) is 0 Å². The molecule has 0 N–H and O–H groups in total. The summed E-state index contributed by atoms with van der Waals surface area (Å²) in [5.74, 6) is 0.0807. The lowest BCUT2D eigenvalue weighted by Gasteiger charge is -2.26. The number of likely N-dealkylation sites (N-methyl/N-ethyl adjacent to an activating group) is 1. The molecule has 0 aromatic carbocycles. The fraction of sp³-hybridized carbons (Fsp3) is 0.706. The number of carbonyl (C=O) groups excluding carboxylic acids is 1. The lowest BCUT2D eigenvalue weighted by Crippen LogP contribution is -2.42. The molecule has 0 bridgehead atoms. The van der Waals surface area contributed by atoms with Gasteiger partial charge in [-0.1, -0.05) is 0 Å². The molecule has 9 heteroatoms. The van der Waals surface area contributed by atoms with Crippen LogP contribution in [0.4, 0.5) is 19.1 Å². The van der Waals surface area contributed by atoms with Crippen molar-refractivity contribution < 1.29 is 22.7 Å². The van der Waals surface area contributed by atoms with Gasteiger partial charge in [0.2, 0.25) is 11.9 Å². The number of fused-ring (bicyclic) bond motifs is 2. The lowest BCUT2D eigenvalue weighted by atomic mass is 9.94. The van der Waals surface area contributed by atoms with E-state index in [0.717, 1.165) is 12.8 Å². The molecule has 2 atom stereocenters. The maximum Gasteiger partial charge on any atom is 0.433 e. The van der Waals surface area contributed by atoms with Crippen LogP contribution in [-0.4, -0.2) is 59.7 Å². The van der Waals surface area contributed by atoms with Crippen LogP contribution in [-0.2, 0) is 28.5 Å². The first-order chi connectivity index (χ1) is 12.3. The van der Waals surface area contributed by atoms with E-state index in [2.05, 4.69) is 9.97 Å². The molecule has 1 aliphatic carbocycles. The molecule has 1 aromatic heterocycles. The molecular formula is C17H21F3N4O2. The standard InChI is InChI=1S/C17H21F3N4O2/c1-23-12-8-24(9-13(12)26-7-6-14(23)25)16-21-11-5-3-2-4-10(11)15(22-16)17(18,19)20/h12-13H,2-9H2,1H3/t12-,13-/m0/s1. The molecule has 3 heterocycles. The van der Waals surface area contributed by atoms with E-state index >= 15 is 0 Å². The van der Waals surface area contributed by atoms with Crippen molar-refractivity contribution in [3.05, 3.63) is 17.0 Å². The molecule has 0 saturated carbocycles. The largest absolute Gasteiger partial charge is 0.433 e. The van der Waals surface area contributed by atoms with E-state index in [-0.39, 0.29) is 29.6 Å². The van der Waals surface area contributed by atoms with Crippen molar-refractivity contribution in [1.29, 1.82) is 0 Å². The van der Waals surface area contributed by atoms with Crippen LogP contribution in [0.25, 0.3) is 0 Å². The summed E-state index contributed by atoms with van der Waals surface area (Å²) in [4.78, 5) is 23.7. The maximum atomic E-state index is 13.5. The molecule has 3 aliphatic rings. The normalized spacial score (nSPS) is 26.5. The number of carbonyl (C=O) groups is 1. The molecule has 6 nitrogen and oxygen atoms in total. The summed E-state index contributed by atoms with van der Waals surface area (Å²) in [6.45, 7) is 1.10. The monoisotopic (exact) mass is 370 g/mol. The Kier molecular flexibility index (Phi) is 4.29. The van der Waals surface area contributed by atoms with Crippen LogP contribution in [0.3, 0.4) is 0 Å². The van der Waals surface area contributed by atoms with Crippen LogP contribution in [0, 0.1) is 0 Å². The summed E-state index contributed by atoms with van der Waals surface area (Å²) in [5.41, 5.74) is -0.0647. The van der Waals surface area contributed by atoms with Gasteiger partial charge in [-0.2, -0.15) is 13.2 Å². The number of aryl methyl sites for hydroxylation is 1. The first-order valence-corrected chi connectivity index (χ1v) is 8.94. The van der Waals surface area contributed by atoms with E-state index < -0.39 is 11.9 Å². The minimum Gasteiger partial charge on any atom is -0.374 e. The molecule has 0 spiro atoms. The topological polar surface area (TPSA) is 58.6 Å². The van der Waals surface area contributed by atoms with Crippen molar-refractivity contribution in [1.82, 2.24) is 14.9 Å². The third kappa shape index (κ3) is 3.02. The molecule has 1 aromatic rings. The minimum atomic E-state index is -4.49. The Labute approximate surface area is 149 Å². The molecule has 0 radical (unpaired) electrons. The van der Waals surface area contributed by atoms with Gasteiger partial charge < -0.3 is 14.5 Å². The lowest BCUT2D eigenvalue weighted by molar-refractivity contribution is -0.142. The molecule has 2 fully saturated rings. The van der Waals surface area contributed by atoms with Gasteiger partial charge in [0.05, 0.1) is 25.2 Å². The average molecular weight is 370 g/mol. The first kappa shape index (κ1) is 17.5. The van der Waals surface area contributed by atoms with Crippen LogP contribution in [0.15, 0.2) is 0 Å². The number of amides is 1. The van der Waals surface area contributed by atoms with E-state index in [1.54, 1.807) is 16.8 Å². The second-order valence-electron chi connectivity index (χ2n) is 7.14. The van der Waals surface area contributed by atoms with Crippen molar-refractivity contribution in [2.75, 3.05) is 31.6 Å². The summed E-state index contributed by atoms with van der Waals surface area (Å²) in [6, 6.07) is -0.195. The Bertz CT molecular complexity index is 725. The number of hydrogen-bond donors (Lipinski definition) is 0. The van der Waals surface area contributed by atoms with Crippen molar-refractivity contribution in [3.8, 4) is 0 Å². The summed E-state index contributed by atoms with van der Waals surface area (Å²) in [7, 11) is 1.72. The number of aromatic nitrogens is 2. The van der Waals surface area contributed by atoms with E-state index in [0.29, 0.717) is 44.7 Å². The maximum absolute atomic E-state index is 13.5. The van der Waals surface area contributed by atoms with Gasteiger partial charge in [-0.05, 0) is 25.7 Å². The van der Waals surface area contributed by atoms with Crippen LogP contribution >= 0.6 is 0 Å². The highest BCUT2D eigenvalue weighted by Gasteiger charge is 2.43. The minimum absolute atomic E-state index is 0.0123. The van der Waals surface area contributed by atoms with Crippen LogP contribution in [0.1, 0.15) is 36.2 Å². The SMILES string of the molecule is CN1C(=O)CCO[C@H]2CN(c3nc4c(c(C(F)(F)F)n3)CCCC4)C[C@@H]21. The Morgan fingerprint density at radius 2 is 1.88 bits per heavy atom. The summed E-state index contributed by atoms with van der Waals surface area (Å²) in [6.07, 6.45) is -1.91. The van der Waals surface area contributed by atoms with Gasteiger partial charge in [-0.25, -0.2) is 9.97 Å². The number of anilines is 1. The highest BCUT2D eigenvalue weighted by molar-refractivity contribution is 5.77. The molecule has 4 rings (SSSR count). The van der Waals surface area contributed by atoms with Crippen molar-refractivity contribution in [3.63, 3.8) is 0 Å². The zero-order valence-corrected chi connectivity index (χ0v) is 14.6. The predicted molar refractivity (Wildman–Crippen MR) is 86.8 cm³/mol.